The van der Waals surface area contributed by atoms with Crippen LogP contribution in [0.3, 0.4) is 0 Å². The van der Waals surface area contributed by atoms with Gasteiger partial charge in [-0.25, -0.2) is 4.79 Å². The van der Waals surface area contributed by atoms with Crippen LogP contribution in [0.25, 0.3) is 0 Å². The highest BCUT2D eigenvalue weighted by atomic mass is 19.4. The lowest BCUT2D eigenvalue weighted by atomic mass is 9.81. The number of rotatable bonds is 3. The molecule has 160 valence electrons. The maximum atomic E-state index is 12.7. The summed E-state index contributed by atoms with van der Waals surface area (Å²) in [4.78, 5) is 17.0. The fourth-order valence-electron chi connectivity index (χ4n) is 4.76. The number of carbonyl (C=O) groups is 1. The molecule has 0 saturated carbocycles. The molecule has 1 fully saturated rings. The van der Waals surface area contributed by atoms with E-state index in [9.17, 15) is 18.0 Å². The molecule has 1 amide bonds. The van der Waals surface area contributed by atoms with E-state index in [1.54, 1.807) is 0 Å². The van der Waals surface area contributed by atoms with Crippen molar-refractivity contribution < 1.29 is 22.7 Å². The first-order valence-electron chi connectivity index (χ1n) is 9.91. The summed E-state index contributed by atoms with van der Waals surface area (Å²) in [6.45, 7) is 6.28. The first kappa shape index (κ1) is 20.5. The van der Waals surface area contributed by atoms with Crippen LogP contribution in [0.5, 0.6) is 5.75 Å². The van der Waals surface area contributed by atoms with Gasteiger partial charge in [-0.2, -0.15) is 13.2 Å². The van der Waals surface area contributed by atoms with Crippen LogP contribution in [0.1, 0.15) is 31.4 Å². The molecule has 8 heteroatoms. The van der Waals surface area contributed by atoms with Crippen molar-refractivity contribution in [3.63, 3.8) is 0 Å². The first-order valence-corrected chi connectivity index (χ1v) is 9.91. The Kier molecular flexibility index (Phi) is 4.92. The van der Waals surface area contributed by atoms with Crippen LogP contribution < -0.4 is 15.0 Å². The molecular weight excluding hydrogens is 395 g/mol. The lowest BCUT2D eigenvalue weighted by Gasteiger charge is -2.34. The van der Waals surface area contributed by atoms with Gasteiger partial charge >= 0.3 is 12.3 Å². The molecule has 1 saturated heterocycles. The van der Waals surface area contributed by atoms with E-state index in [4.69, 9.17) is 4.74 Å². The lowest BCUT2D eigenvalue weighted by Crippen LogP contribution is -2.47. The number of fused-ring (bicyclic) bond motifs is 3. The van der Waals surface area contributed by atoms with Crippen molar-refractivity contribution in [3.05, 3.63) is 53.6 Å². The van der Waals surface area contributed by atoms with Crippen molar-refractivity contribution in [3.8, 4) is 5.75 Å². The van der Waals surface area contributed by atoms with Gasteiger partial charge in [0.15, 0.2) is 0 Å². The van der Waals surface area contributed by atoms with E-state index in [2.05, 4.69) is 36.0 Å². The Morgan fingerprint density at radius 3 is 2.57 bits per heavy atom. The summed E-state index contributed by atoms with van der Waals surface area (Å²) in [6.07, 6.45) is -3.87. The van der Waals surface area contributed by atoms with Gasteiger partial charge < -0.3 is 9.64 Å². The molecule has 2 aromatic carbocycles. The van der Waals surface area contributed by atoms with E-state index in [0.717, 1.165) is 43.8 Å². The minimum atomic E-state index is -4.43. The third kappa shape index (κ3) is 3.39. The van der Waals surface area contributed by atoms with E-state index < -0.39 is 17.8 Å². The Bertz CT molecular complexity index is 961. The van der Waals surface area contributed by atoms with Gasteiger partial charge in [0.05, 0.1) is 11.7 Å². The number of likely N-dealkylation sites (tertiary alicyclic amines) is 1. The number of likely N-dealkylation sites (N-methyl/N-ethyl adjacent to an activating group) is 2. The van der Waals surface area contributed by atoms with E-state index in [0.29, 0.717) is 5.69 Å². The van der Waals surface area contributed by atoms with Gasteiger partial charge in [0.2, 0.25) is 0 Å². The van der Waals surface area contributed by atoms with Crippen LogP contribution >= 0.6 is 0 Å². The maximum absolute atomic E-state index is 12.7. The molecule has 0 bridgehead atoms. The van der Waals surface area contributed by atoms with Gasteiger partial charge in [0, 0.05) is 29.9 Å². The minimum absolute atomic E-state index is 0.0326. The summed E-state index contributed by atoms with van der Waals surface area (Å²) in [7, 11) is 2.13. The molecule has 5 nitrogen and oxygen atoms in total. The van der Waals surface area contributed by atoms with Gasteiger partial charge in [0.25, 0.3) is 0 Å². The van der Waals surface area contributed by atoms with E-state index in [1.165, 1.54) is 11.3 Å². The quantitative estimate of drug-likeness (QED) is 0.754. The number of ether oxygens (including phenoxy) is 1. The Morgan fingerprint density at radius 2 is 1.93 bits per heavy atom. The Hall–Kier alpha value is -2.74. The van der Waals surface area contributed by atoms with E-state index >= 15 is 0 Å². The molecule has 2 aliphatic heterocycles. The predicted octanol–water partition coefficient (Wildman–Crippen LogP) is 5.08. The molecule has 4 rings (SSSR count). The molecule has 2 aromatic rings. The third-order valence-electron chi connectivity index (χ3n) is 6.17. The van der Waals surface area contributed by atoms with Crippen LogP contribution in [0.15, 0.2) is 42.5 Å². The number of hydrogen-bond donors (Lipinski definition) is 1. The summed E-state index contributed by atoms with van der Waals surface area (Å²) in [5.41, 5.74) is 2.12. The smallest absolute Gasteiger partial charge is 0.410 e. The second-order valence-electron chi connectivity index (χ2n) is 8.08. The summed E-state index contributed by atoms with van der Waals surface area (Å²) in [6, 6.07) is 9.83. The summed E-state index contributed by atoms with van der Waals surface area (Å²) in [5, 5.41) is 2.69. The fraction of sp³-hybridized carbons (Fsp3) is 0.409. The largest absolute Gasteiger partial charge is 0.417 e. The Balaban J connectivity index is 1.50. The van der Waals surface area contributed by atoms with Crippen molar-refractivity contribution >= 4 is 17.5 Å². The molecular formula is C22H24F3N3O2. The number of nitrogens with zero attached hydrogens (tertiary/aromatic N) is 2. The topological polar surface area (TPSA) is 44.8 Å². The molecule has 0 aliphatic carbocycles. The summed E-state index contributed by atoms with van der Waals surface area (Å²) < 4.78 is 43.1. The van der Waals surface area contributed by atoms with Crippen molar-refractivity contribution in [2.75, 3.05) is 30.4 Å². The summed E-state index contributed by atoms with van der Waals surface area (Å²) >= 11 is 0. The monoisotopic (exact) mass is 419 g/mol. The zero-order valence-electron chi connectivity index (χ0n) is 17.1. The first-order chi connectivity index (χ1) is 14.1. The number of hydrogen-bond acceptors (Lipinski definition) is 4. The van der Waals surface area contributed by atoms with Gasteiger partial charge in [-0.05, 0) is 68.4 Å². The molecule has 2 unspecified atom stereocenters. The fourth-order valence-corrected chi connectivity index (χ4v) is 4.76. The highest BCUT2D eigenvalue weighted by Crippen LogP contribution is 2.52. The van der Waals surface area contributed by atoms with Crippen molar-refractivity contribution in [2.24, 2.45) is 0 Å². The van der Waals surface area contributed by atoms with Crippen molar-refractivity contribution in [1.82, 2.24) is 4.90 Å². The highest BCUT2D eigenvalue weighted by molar-refractivity contribution is 5.87. The van der Waals surface area contributed by atoms with Crippen LogP contribution in [0.4, 0.5) is 29.3 Å². The molecule has 30 heavy (non-hydrogen) atoms. The van der Waals surface area contributed by atoms with Crippen LogP contribution in [0.2, 0.25) is 0 Å². The number of anilines is 2. The number of halogens is 3. The van der Waals surface area contributed by atoms with Gasteiger partial charge in [0.1, 0.15) is 5.75 Å². The number of benzene rings is 2. The molecule has 2 aliphatic rings. The Labute approximate surface area is 173 Å². The zero-order chi connectivity index (χ0) is 21.7. The normalized spacial score (nSPS) is 23.3. The number of amides is 1. The molecule has 0 aromatic heterocycles. The van der Waals surface area contributed by atoms with Crippen LogP contribution in [-0.4, -0.2) is 37.3 Å². The predicted molar refractivity (Wildman–Crippen MR) is 109 cm³/mol. The maximum Gasteiger partial charge on any atom is 0.417 e. The molecule has 2 heterocycles. The van der Waals surface area contributed by atoms with Gasteiger partial charge in [-0.15, -0.1) is 0 Å². The molecule has 0 spiro atoms. The third-order valence-corrected chi connectivity index (χ3v) is 6.17. The number of nitrogens with one attached hydrogen (secondary N) is 1. The average Bonchev–Trinajstić information content (AvgIpc) is 3.12. The zero-order valence-corrected chi connectivity index (χ0v) is 17.1. The minimum Gasteiger partial charge on any atom is -0.410 e. The van der Waals surface area contributed by atoms with Gasteiger partial charge in [-0.1, -0.05) is 6.92 Å². The highest BCUT2D eigenvalue weighted by Gasteiger charge is 2.52. The standard InChI is InChI=1S/C22H24F3N3O2/c1-4-28-18-10-7-15(13-17(18)21(2)11-12-27(3)19(21)28)26-20(29)30-16-8-5-14(6-9-16)22(23,24)25/h5-10,13,19H,4,11-12H2,1-3H3,(H,26,29). The molecule has 2 atom stereocenters. The lowest BCUT2D eigenvalue weighted by molar-refractivity contribution is -0.137. The molecule has 0 radical (unpaired) electrons. The van der Waals surface area contributed by atoms with Crippen LogP contribution in [-0.2, 0) is 11.6 Å². The van der Waals surface area contributed by atoms with Crippen molar-refractivity contribution in [1.29, 1.82) is 0 Å². The SMILES string of the molecule is CCN1c2ccc(NC(=O)Oc3ccc(C(F)(F)F)cc3)cc2C2(C)CCN(C)C12. The van der Waals surface area contributed by atoms with Crippen LogP contribution in [0, 0.1) is 0 Å². The molecule has 1 N–H and O–H groups in total. The number of alkyl halides is 3. The second kappa shape index (κ2) is 7.19. The van der Waals surface area contributed by atoms with E-state index in [1.807, 2.05) is 18.2 Å². The van der Waals surface area contributed by atoms with Gasteiger partial charge in [-0.3, -0.25) is 10.2 Å². The van der Waals surface area contributed by atoms with Crippen molar-refractivity contribution in [2.45, 2.75) is 38.0 Å². The van der Waals surface area contributed by atoms with E-state index in [-0.39, 0.29) is 17.3 Å². The average molecular weight is 419 g/mol. The number of carbonyl (C=O) groups excluding carboxylic acids is 1. The summed E-state index contributed by atoms with van der Waals surface area (Å²) in [5.74, 6) is 0.0447. The second-order valence-corrected chi connectivity index (χ2v) is 8.08. The Morgan fingerprint density at radius 1 is 1.23 bits per heavy atom.